The second-order valence-corrected chi connectivity index (χ2v) is 4.98. The first-order chi connectivity index (χ1) is 8.56. The van der Waals surface area contributed by atoms with Crippen molar-refractivity contribution in [2.24, 2.45) is 0 Å². The molecule has 1 aromatic rings. The van der Waals surface area contributed by atoms with Gasteiger partial charge in [0.1, 0.15) is 5.75 Å². The SMILES string of the molecule is Cc1cc(NC(=O)CCNC2CC2)c(C)cc1O. The number of aryl methyl sites for hydroxylation is 2. The molecule has 0 spiro atoms. The van der Waals surface area contributed by atoms with Crippen molar-refractivity contribution >= 4 is 11.6 Å². The molecule has 1 saturated carbocycles. The fourth-order valence-corrected chi connectivity index (χ4v) is 1.83. The molecule has 1 amide bonds. The molecule has 0 radical (unpaired) electrons. The molecule has 0 aliphatic heterocycles. The number of aromatic hydroxyl groups is 1. The summed E-state index contributed by atoms with van der Waals surface area (Å²) in [6, 6.07) is 4.11. The Hall–Kier alpha value is -1.55. The van der Waals surface area contributed by atoms with E-state index in [-0.39, 0.29) is 11.7 Å². The van der Waals surface area contributed by atoms with Gasteiger partial charge in [-0.15, -0.1) is 0 Å². The molecule has 1 fully saturated rings. The van der Waals surface area contributed by atoms with Gasteiger partial charge in [0, 0.05) is 24.7 Å². The molecule has 18 heavy (non-hydrogen) atoms. The number of hydrogen-bond donors (Lipinski definition) is 3. The first-order valence-electron chi connectivity index (χ1n) is 6.39. The van der Waals surface area contributed by atoms with Crippen molar-refractivity contribution in [1.29, 1.82) is 0 Å². The molecule has 4 nitrogen and oxygen atoms in total. The summed E-state index contributed by atoms with van der Waals surface area (Å²) in [5.41, 5.74) is 2.43. The van der Waals surface area contributed by atoms with E-state index in [1.165, 1.54) is 12.8 Å². The molecule has 0 heterocycles. The van der Waals surface area contributed by atoms with Gasteiger partial charge in [-0.25, -0.2) is 0 Å². The highest BCUT2D eigenvalue weighted by Gasteiger charge is 2.20. The number of nitrogens with one attached hydrogen (secondary N) is 2. The Balaban J connectivity index is 1.87. The monoisotopic (exact) mass is 248 g/mol. The highest BCUT2D eigenvalue weighted by atomic mass is 16.3. The van der Waals surface area contributed by atoms with Crippen LogP contribution in [0.1, 0.15) is 30.4 Å². The van der Waals surface area contributed by atoms with E-state index in [1.54, 1.807) is 12.1 Å². The van der Waals surface area contributed by atoms with Crippen LogP contribution in [0.4, 0.5) is 5.69 Å². The zero-order valence-corrected chi connectivity index (χ0v) is 10.9. The molecule has 1 aliphatic rings. The van der Waals surface area contributed by atoms with E-state index in [1.807, 2.05) is 13.8 Å². The minimum absolute atomic E-state index is 0.0105. The summed E-state index contributed by atoms with van der Waals surface area (Å²) in [6.45, 7) is 4.42. The molecule has 0 aromatic heterocycles. The molecule has 3 N–H and O–H groups in total. The highest BCUT2D eigenvalue weighted by molar-refractivity contribution is 5.91. The average Bonchev–Trinajstić information content (AvgIpc) is 3.10. The fourth-order valence-electron chi connectivity index (χ4n) is 1.83. The number of anilines is 1. The Morgan fingerprint density at radius 3 is 2.72 bits per heavy atom. The molecule has 2 rings (SSSR count). The fraction of sp³-hybridized carbons (Fsp3) is 0.500. The Morgan fingerprint density at radius 1 is 1.33 bits per heavy atom. The summed E-state index contributed by atoms with van der Waals surface area (Å²) in [4.78, 5) is 11.7. The number of hydrogen-bond acceptors (Lipinski definition) is 3. The Kier molecular flexibility index (Phi) is 3.87. The zero-order chi connectivity index (χ0) is 13.1. The molecule has 1 aromatic carbocycles. The van der Waals surface area contributed by atoms with Crippen LogP contribution in [-0.2, 0) is 4.79 Å². The Morgan fingerprint density at radius 2 is 2.06 bits per heavy atom. The highest BCUT2D eigenvalue weighted by Crippen LogP contribution is 2.25. The lowest BCUT2D eigenvalue weighted by Crippen LogP contribution is -2.23. The lowest BCUT2D eigenvalue weighted by Gasteiger charge is -2.11. The molecule has 1 aliphatic carbocycles. The van der Waals surface area contributed by atoms with Crippen LogP contribution in [0.25, 0.3) is 0 Å². The number of rotatable bonds is 5. The van der Waals surface area contributed by atoms with Gasteiger partial charge in [-0.05, 0) is 49.9 Å². The summed E-state index contributed by atoms with van der Waals surface area (Å²) in [6.07, 6.45) is 2.95. The summed E-state index contributed by atoms with van der Waals surface area (Å²) in [5.74, 6) is 0.275. The largest absolute Gasteiger partial charge is 0.508 e. The molecule has 4 heteroatoms. The minimum Gasteiger partial charge on any atom is -0.508 e. The number of amides is 1. The van der Waals surface area contributed by atoms with E-state index in [2.05, 4.69) is 10.6 Å². The van der Waals surface area contributed by atoms with Gasteiger partial charge in [0.05, 0.1) is 0 Å². The first kappa shape index (κ1) is 12.9. The van der Waals surface area contributed by atoms with E-state index in [9.17, 15) is 9.90 Å². The second-order valence-electron chi connectivity index (χ2n) is 4.98. The number of carbonyl (C=O) groups excluding carboxylic acids is 1. The van der Waals surface area contributed by atoms with Gasteiger partial charge >= 0.3 is 0 Å². The van der Waals surface area contributed by atoms with Crippen molar-refractivity contribution in [3.8, 4) is 5.75 Å². The molecule has 98 valence electrons. The lowest BCUT2D eigenvalue weighted by molar-refractivity contribution is -0.116. The maximum Gasteiger partial charge on any atom is 0.225 e. The van der Waals surface area contributed by atoms with Crippen molar-refractivity contribution in [1.82, 2.24) is 5.32 Å². The van der Waals surface area contributed by atoms with Crippen LogP contribution >= 0.6 is 0 Å². The quantitative estimate of drug-likeness (QED) is 0.699. The summed E-state index contributed by atoms with van der Waals surface area (Å²) in [5, 5.41) is 15.7. The molecular formula is C14H20N2O2. The van der Waals surface area contributed by atoms with Crippen LogP contribution < -0.4 is 10.6 Å². The van der Waals surface area contributed by atoms with Crippen LogP contribution in [0.2, 0.25) is 0 Å². The first-order valence-corrected chi connectivity index (χ1v) is 6.39. The number of benzene rings is 1. The second kappa shape index (κ2) is 5.40. The minimum atomic E-state index is 0.0105. The predicted octanol–water partition coefficient (Wildman–Crippen LogP) is 2.09. The van der Waals surface area contributed by atoms with Gasteiger partial charge in [0.15, 0.2) is 0 Å². The van der Waals surface area contributed by atoms with E-state index in [4.69, 9.17) is 0 Å². The van der Waals surface area contributed by atoms with Gasteiger partial charge < -0.3 is 15.7 Å². The maximum absolute atomic E-state index is 11.7. The van der Waals surface area contributed by atoms with Crippen LogP contribution in [0.15, 0.2) is 12.1 Å². The van der Waals surface area contributed by atoms with Crippen molar-refractivity contribution in [3.63, 3.8) is 0 Å². The predicted molar refractivity (Wildman–Crippen MR) is 71.9 cm³/mol. The number of carbonyl (C=O) groups is 1. The third-order valence-electron chi connectivity index (χ3n) is 3.18. The Labute approximate surface area is 107 Å². The summed E-state index contributed by atoms with van der Waals surface area (Å²) in [7, 11) is 0. The topological polar surface area (TPSA) is 61.4 Å². The molecule has 0 saturated heterocycles. The summed E-state index contributed by atoms with van der Waals surface area (Å²) >= 11 is 0. The van der Waals surface area contributed by atoms with Crippen LogP contribution in [-0.4, -0.2) is 23.6 Å². The van der Waals surface area contributed by atoms with Crippen molar-refractivity contribution in [2.45, 2.75) is 39.2 Å². The van der Waals surface area contributed by atoms with Crippen LogP contribution in [0.3, 0.4) is 0 Å². The third kappa shape index (κ3) is 3.47. The zero-order valence-electron chi connectivity index (χ0n) is 10.9. The average molecular weight is 248 g/mol. The van der Waals surface area contributed by atoms with E-state index < -0.39 is 0 Å². The van der Waals surface area contributed by atoms with Gasteiger partial charge in [0.25, 0.3) is 0 Å². The van der Waals surface area contributed by atoms with E-state index in [0.29, 0.717) is 12.5 Å². The third-order valence-corrected chi connectivity index (χ3v) is 3.18. The number of phenols is 1. The van der Waals surface area contributed by atoms with E-state index >= 15 is 0 Å². The normalized spacial score (nSPS) is 14.6. The maximum atomic E-state index is 11.7. The Bertz CT molecular complexity index is 453. The number of phenolic OH excluding ortho intramolecular Hbond substituents is 1. The standard InChI is InChI=1S/C14H20N2O2/c1-9-8-13(17)10(2)7-12(9)16-14(18)5-6-15-11-3-4-11/h7-8,11,15,17H,3-6H2,1-2H3,(H,16,18). The smallest absolute Gasteiger partial charge is 0.225 e. The molecular weight excluding hydrogens is 228 g/mol. The van der Waals surface area contributed by atoms with Crippen molar-refractivity contribution < 1.29 is 9.90 Å². The van der Waals surface area contributed by atoms with Gasteiger partial charge in [-0.2, -0.15) is 0 Å². The van der Waals surface area contributed by atoms with Crippen molar-refractivity contribution in [2.75, 3.05) is 11.9 Å². The van der Waals surface area contributed by atoms with Gasteiger partial charge in [-0.3, -0.25) is 4.79 Å². The van der Waals surface area contributed by atoms with Gasteiger partial charge in [0.2, 0.25) is 5.91 Å². The lowest BCUT2D eigenvalue weighted by atomic mass is 10.1. The molecule has 0 unspecified atom stereocenters. The molecule has 0 bridgehead atoms. The van der Waals surface area contributed by atoms with Crippen molar-refractivity contribution in [3.05, 3.63) is 23.3 Å². The van der Waals surface area contributed by atoms with Crippen LogP contribution in [0, 0.1) is 13.8 Å². The van der Waals surface area contributed by atoms with Gasteiger partial charge in [-0.1, -0.05) is 0 Å². The molecule has 0 atom stereocenters. The van der Waals surface area contributed by atoms with Crippen LogP contribution in [0.5, 0.6) is 5.75 Å². The van der Waals surface area contributed by atoms with E-state index in [0.717, 1.165) is 23.4 Å². The summed E-state index contributed by atoms with van der Waals surface area (Å²) < 4.78 is 0.